The molecule has 4 fully saturated rings. The van der Waals surface area contributed by atoms with Gasteiger partial charge in [-0.25, -0.2) is 22.9 Å². The summed E-state index contributed by atoms with van der Waals surface area (Å²) in [5, 5.41) is 7.53. The van der Waals surface area contributed by atoms with Gasteiger partial charge in [0, 0.05) is 56.3 Å². The fourth-order valence-corrected chi connectivity index (χ4v) is 9.10. The highest BCUT2D eigenvalue weighted by Gasteiger charge is 2.48. The number of ether oxygens (including phenoxy) is 3. The molecular weight excluding hydrogens is 699 g/mol. The summed E-state index contributed by atoms with van der Waals surface area (Å²) in [6.07, 6.45) is 5.39. The summed E-state index contributed by atoms with van der Waals surface area (Å²) in [5.74, 6) is -0.353. The molecule has 9 rings (SSSR count). The van der Waals surface area contributed by atoms with Gasteiger partial charge in [0.2, 0.25) is 5.88 Å². The van der Waals surface area contributed by atoms with Gasteiger partial charge in [-0.3, -0.25) is 0 Å². The average molecular weight is 744 g/mol. The number of halogens is 3. The van der Waals surface area contributed by atoms with Crippen LogP contribution in [-0.2, 0) is 6.42 Å². The second-order valence-corrected chi connectivity index (χ2v) is 15.6. The molecular formula is C40H44F3N7O4. The number of carbonyl (C=O) groups is 1. The summed E-state index contributed by atoms with van der Waals surface area (Å²) in [4.78, 5) is 31.5. The van der Waals surface area contributed by atoms with Crippen LogP contribution in [0.3, 0.4) is 0 Å². The van der Waals surface area contributed by atoms with Gasteiger partial charge in [-0.05, 0) is 92.0 Å². The standard InChI is InChI=1S/C40H44F3N7O4/c1-4-26-28(42)7-5-23-15-25(54-39(51)44-3)16-27(30(23)26)33-32(43)34-31-36(50-18-24-6-8-29(45-24)35(50)21(2)53-37(31)46-33)48-38(47-34)52-20-40(11-12-40)19-49-13-9-22(17-41)10-14-49/h5,7,15-17,21,24,29,35,45H,4,6,8-14,18-20H2,1-3H3,(H,44,51)/t21-,24+,29-,35+/m0/s1. The van der Waals surface area contributed by atoms with Crippen molar-refractivity contribution in [3.05, 3.63) is 53.4 Å². The minimum atomic E-state index is -0.744. The SMILES string of the molecule is CCc1c(F)ccc2cc(OC(=O)NC)cc(-c3nc4c5c(nc(OCC6(CN7CCC(=CF)CC7)CC6)nc5c3F)N3C[C@H]5CC[C@H](N5)[C@H]3[C@H](C)O4)c12. The highest BCUT2D eigenvalue weighted by Crippen LogP contribution is 2.49. The van der Waals surface area contributed by atoms with Crippen molar-refractivity contribution >= 4 is 33.6 Å². The van der Waals surface area contributed by atoms with Crippen molar-refractivity contribution in [2.75, 3.05) is 44.7 Å². The summed E-state index contributed by atoms with van der Waals surface area (Å²) in [7, 11) is 1.44. The molecule has 2 bridgehead atoms. The molecule has 6 heterocycles. The number of aromatic nitrogens is 3. The van der Waals surface area contributed by atoms with Crippen LogP contribution >= 0.6 is 0 Å². The Morgan fingerprint density at radius 2 is 1.94 bits per heavy atom. The smallest absolute Gasteiger partial charge is 0.412 e. The number of nitrogens with zero attached hydrogens (tertiary/aromatic N) is 5. The Morgan fingerprint density at radius 1 is 1.13 bits per heavy atom. The van der Waals surface area contributed by atoms with Crippen LogP contribution in [0, 0.1) is 17.0 Å². The van der Waals surface area contributed by atoms with E-state index in [1.54, 1.807) is 12.1 Å². The molecule has 0 spiro atoms. The molecule has 4 atom stereocenters. The van der Waals surface area contributed by atoms with E-state index in [1.807, 2.05) is 13.8 Å². The first-order valence-corrected chi connectivity index (χ1v) is 19.1. The van der Waals surface area contributed by atoms with Gasteiger partial charge < -0.3 is 34.6 Å². The lowest BCUT2D eigenvalue weighted by Crippen LogP contribution is -2.62. The van der Waals surface area contributed by atoms with E-state index in [0.29, 0.717) is 47.1 Å². The average Bonchev–Trinajstić information content (AvgIpc) is 3.87. The molecule has 5 aliphatic rings. The first-order chi connectivity index (χ1) is 26.2. The zero-order chi connectivity index (χ0) is 37.3. The van der Waals surface area contributed by atoms with Crippen molar-refractivity contribution in [1.29, 1.82) is 0 Å². The Labute approximate surface area is 311 Å². The van der Waals surface area contributed by atoms with E-state index in [0.717, 1.165) is 70.1 Å². The van der Waals surface area contributed by atoms with Crippen LogP contribution < -0.4 is 29.7 Å². The maximum atomic E-state index is 17.5. The largest absolute Gasteiger partial charge is 0.472 e. The first kappa shape index (κ1) is 35.0. The van der Waals surface area contributed by atoms with Crippen LogP contribution in [0.4, 0.5) is 23.8 Å². The van der Waals surface area contributed by atoms with Crippen LogP contribution in [0.1, 0.15) is 57.9 Å². The van der Waals surface area contributed by atoms with Gasteiger partial charge in [0.25, 0.3) is 0 Å². The second kappa shape index (κ2) is 13.6. The van der Waals surface area contributed by atoms with Crippen molar-refractivity contribution in [2.24, 2.45) is 5.41 Å². The predicted octanol–water partition coefficient (Wildman–Crippen LogP) is 6.60. The minimum Gasteiger partial charge on any atom is -0.472 e. The second-order valence-electron chi connectivity index (χ2n) is 15.6. The number of benzene rings is 2. The summed E-state index contributed by atoms with van der Waals surface area (Å²) >= 11 is 0. The van der Waals surface area contributed by atoms with Gasteiger partial charge in [-0.1, -0.05) is 13.0 Å². The Hall–Kier alpha value is -4.69. The van der Waals surface area contributed by atoms with E-state index >= 15 is 8.78 Å². The normalized spacial score (nSPS) is 24.2. The predicted molar refractivity (Wildman–Crippen MR) is 198 cm³/mol. The topological polar surface area (TPSA) is 114 Å². The minimum absolute atomic E-state index is 0.0135. The molecule has 3 saturated heterocycles. The number of carbonyl (C=O) groups excluding carboxylic acids is 1. The quantitative estimate of drug-likeness (QED) is 0.205. The number of aryl methyl sites for hydroxylation is 1. The fourth-order valence-electron chi connectivity index (χ4n) is 9.10. The number of piperidine rings is 1. The van der Waals surface area contributed by atoms with Gasteiger partial charge >= 0.3 is 12.1 Å². The zero-order valence-electron chi connectivity index (χ0n) is 30.7. The maximum Gasteiger partial charge on any atom is 0.412 e. The summed E-state index contributed by atoms with van der Waals surface area (Å²) in [6.45, 7) is 7.27. The number of amides is 1. The van der Waals surface area contributed by atoms with E-state index in [1.165, 1.54) is 19.2 Å². The van der Waals surface area contributed by atoms with E-state index in [2.05, 4.69) is 20.4 Å². The molecule has 2 aromatic heterocycles. The molecule has 1 aliphatic carbocycles. The number of rotatable bonds is 8. The van der Waals surface area contributed by atoms with Crippen molar-refractivity contribution in [1.82, 2.24) is 30.5 Å². The number of piperazine rings is 1. The third-order valence-corrected chi connectivity index (χ3v) is 12.1. The molecule has 1 saturated carbocycles. The van der Waals surface area contributed by atoms with Crippen LogP contribution in [0.25, 0.3) is 32.9 Å². The first-order valence-electron chi connectivity index (χ1n) is 19.1. The monoisotopic (exact) mass is 743 g/mol. The van der Waals surface area contributed by atoms with Gasteiger partial charge in [0.15, 0.2) is 5.82 Å². The fraction of sp³-hybridized carbons (Fsp3) is 0.500. The molecule has 54 heavy (non-hydrogen) atoms. The van der Waals surface area contributed by atoms with Crippen molar-refractivity contribution in [2.45, 2.75) is 83.0 Å². The number of nitrogens with one attached hydrogen (secondary N) is 2. The molecule has 4 aliphatic heterocycles. The molecule has 4 aromatic rings. The van der Waals surface area contributed by atoms with Crippen LogP contribution in [0.15, 0.2) is 36.2 Å². The molecule has 0 unspecified atom stereocenters. The Bertz CT molecular complexity index is 2190. The third kappa shape index (κ3) is 6.07. The number of pyridine rings is 1. The van der Waals surface area contributed by atoms with E-state index < -0.39 is 17.7 Å². The number of hydrogen-bond donors (Lipinski definition) is 2. The lowest BCUT2D eigenvalue weighted by atomic mass is 9.94. The van der Waals surface area contributed by atoms with Crippen molar-refractivity contribution < 1.29 is 32.2 Å². The highest BCUT2D eigenvalue weighted by atomic mass is 19.1. The highest BCUT2D eigenvalue weighted by molar-refractivity contribution is 6.03. The molecule has 0 radical (unpaired) electrons. The van der Waals surface area contributed by atoms with Crippen molar-refractivity contribution in [3.8, 4) is 28.9 Å². The molecule has 284 valence electrons. The Kier molecular flexibility index (Phi) is 8.80. The number of likely N-dealkylation sites (tertiary alicyclic amines) is 1. The number of anilines is 1. The molecule has 2 N–H and O–H groups in total. The molecule has 14 heteroatoms. The van der Waals surface area contributed by atoms with Gasteiger partial charge in [-0.2, -0.15) is 9.97 Å². The molecule has 11 nitrogen and oxygen atoms in total. The zero-order valence-corrected chi connectivity index (χ0v) is 30.7. The van der Waals surface area contributed by atoms with Gasteiger partial charge in [0.1, 0.15) is 40.1 Å². The third-order valence-electron chi connectivity index (χ3n) is 12.1. The lowest BCUT2D eigenvalue weighted by Gasteiger charge is -2.42. The number of hydrogen-bond acceptors (Lipinski definition) is 10. The molecule has 2 aromatic carbocycles. The summed E-state index contributed by atoms with van der Waals surface area (Å²) < 4.78 is 64.7. The van der Waals surface area contributed by atoms with Crippen LogP contribution in [0.5, 0.6) is 17.6 Å². The van der Waals surface area contributed by atoms with Crippen LogP contribution in [-0.4, -0.2) is 90.0 Å². The summed E-state index contributed by atoms with van der Waals surface area (Å²) in [5.41, 5.74) is 1.25. The van der Waals surface area contributed by atoms with E-state index in [-0.39, 0.29) is 64.1 Å². The maximum absolute atomic E-state index is 17.5. The Morgan fingerprint density at radius 3 is 2.69 bits per heavy atom. The van der Waals surface area contributed by atoms with E-state index in [9.17, 15) is 9.18 Å². The van der Waals surface area contributed by atoms with Crippen molar-refractivity contribution in [3.63, 3.8) is 0 Å². The van der Waals surface area contributed by atoms with E-state index in [4.69, 9.17) is 29.2 Å². The Balaban J connectivity index is 1.18. The lowest BCUT2D eigenvalue weighted by molar-refractivity contribution is 0.147. The molecule has 1 amide bonds. The van der Waals surface area contributed by atoms with Gasteiger partial charge in [0.05, 0.1) is 19.0 Å². The number of fused-ring (bicyclic) bond motifs is 6. The van der Waals surface area contributed by atoms with Gasteiger partial charge in [-0.15, -0.1) is 0 Å². The summed E-state index contributed by atoms with van der Waals surface area (Å²) in [6, 6.07) is 6.40. The van der Waals surface area contributed by atoms with Crippen LogP contribution in [0.2, 0.25) is 0 Å².